The van der Waals surface area contributed by atoms with Gasteiger partial charge < -0.3 is 9.80 Å². The molecular weight excluding hydrogens is 471 g/mol. The summed E-state index contributed by atoms with van der Waals surface area (Å²) in [6.45, 7) is 6.37. The van der Waals surface area contributed by atoms with Crippen molar-refractivity contribution in [1.29, 1.82) is 0 Å². The zero-order valence-electron chi connectivity index (χ0n) is 20.7. The maximum atomic E-state index is 13.9. The molecule has 36 heavy (non-hydrogen) atoms. The minimum atomic E-state index is -0.571. The van der Waals surface area contributed by atoms with Gasteiger partial charge in [-0.25, -0.2) is 4.39 Å². The third kappa shape index (κ3) is 4.53. The number of thiophene rings is 1. The van der Waals surface area contributed by atoms with Crippen molar-refractivity contribution < 1.29 is 14.0 Å². The van der Waals surface area contributed by atoms with Gasteiger partial charge in [0.25, 0.3) is 5.91 Å². The molecule has 4 aromatic rings. The van der Waals surface area contributed by atoms with Crippen LogP contribution in [0.25, 0.3) is 10.8 Å². The average molecular weight is 501 g/mol. The number of carbonyl (C=O) groups excluding carboxylic acids is 2. The minimum absolute atomic E-state index is 0.0390. The Morgan fingerprint density at radius 2 is 1.72 bits per heavy atom. The van der Waals surface area contributed by atoms with Crippen molar-refractivity contribution in [2.45, 2.75) is 38.8 Å². The summed E-state index contributed by atoms with van der Waals surface area (Å²) in [6.07, 6.45) is 0.767. The van der Waals surface area contributed by atoms with Crippen molar-refractivity contribution in [3.63, 3.8) is 0 Å². The Morgan fingerprint density at radius 1 is 1.00 bits per heavy atom. The summed E-state index contributed by atoms with van der Waals surface area (Å²) in [6, 6.07) is 21.6. The highest BCUT2D eigenvalue weighted by Gasteiger charge is 2.36. The zero-order chi connectivity index (χ0) is 25.4. The zero-order valence-corrected chi connectivity index (χ0v) is 21.5. The summed E-state index contributed by atoms with van der Waals surface area (Å²) in [7, 11) is 0. The van der Waals surface area contributed by atoms with Gasteiger partial charge in [-0.3, -0.25) is 9.59 Å². The third-order valence-electron chi connectivity index (χ3n) is 6.84. The van der Waals surface area contributed by atoms with Gasteiger partial charge in [0.05, 0.1) is 6.04 Å². The average Bonchev–Trinajstić information content (AvgIpc) is 3.35. The number of hydrogen-bond donors (Lipinski definition) is 0. The lowest BCUT2D eigenvalue weighted by Crippen LogP contribution is -2.52. The molecule has 6 heteroatoms. The summed E-state index contributed by atoms with van der Waals surface area (Å²) in [4.78, 5) is 32.5. The van der Waals surface area contributed by atoms with E-state index in [2.05, 4.69) is 6.07 Å². The molecule has 2 amide bonds. The summed E-state index contributed by atoms with van der Waals surface area (Å²) in [5.74, 6) is -0.596. The van der Waals surface area contributed by atoms with Gasteiger partial charge in [-0.2, -0.15) is 0 Å². The Bertz CT molecular complexity index is 1420. The van der Waals surface area contributed by atoms with Gasteiger partial charge in [-0.1, -0.05) is 48.5 Å². The van der Waals surface area contributed by atoms with Gasteiger partial charge in [-0.15, -0.1) is 11.3 Å². The van der Waals surface area contributed by atoms with Gasteiger partial charge in [0.1, 0.15) is 12.4 Å². The number of rotatable bonds is 4. The number of carbonyl (C=O) groups is 2. The Morgan fingerprint density at radius 3 is 2.47 bits per heavy atom. The molecule has 1 aliphatic rings. The van der Waals surface area contributed by atoms with Crippen LogP contribution in [0.2, 0.25) is 0 Å². The Kier molecular flexibility index (Phi) is 6.39. The highest BCUT2D eigenvalue weighted by Crippen LogP contribution is 2.38. The highest BCUT2D eigenvalue weighted by atomic mass is 32.1. The molecule has 0 N–H and O–H groups in total. The van der Waals surface area contributed by atoms with E-state index in [-0.39, 0.29) is 30.2 Å². The molecule has 4 nitrogen and oxygen atoms in total. The molecular formula is C30H29FN2O2S. The topological polar surface area (TPSA) is 40.6 Å². The summed E-state index contributed by atoms with van der Waals surface area (Å²) in [5, 5.41) is 3.90. The van der Waals surface area contributed by atoms with E-state index in [4.69, 9.17) is 0 Å². The molecule has 2 heterocycles. The molecule has 1 unspecified atom stereocenters. The maximum Gasteiger partial charge on any atom is 0.255 e. The van der Waals surface area contributed by atoms with Crippen molar-refractivity contribution in [1.82, 2.24) is 9.80 Å². The van der Waals surface area contributed by atoms with Gasteiger partial charge in [-0.05, 0) is 78.7 Å². The SMILES string of the molecule is CC(C)(C)N(CC(=O)N1CCc2sccc2C1c1ccc(F)cc1)C(=O)c1cccc2ccccc12. The van der Waals surface area contributed by atoms with Crippen LogP contribution in [0.4, 0.5) is 4.39 Å². The van der Waals surface area contributed by atoms with Gasteiger partial charge in [0.2, 0.25) is 5.91 Å². The molecule has 0 saturated heterocycles. The van der Waals surface area contributed by atoms with Gasteiger partial charge >= 0.3 is 0 Å². The molecule has 0 bridgehead atoms. The third-order valence-corrected chi connectivity index (χ3v) is 7.84. The quantitative estimate of drug-likeness (QED) is 0.323. The number of hydrogen-bond acceptors (Lipinski definition) is 3. The predicted octanol–water partition coefficient (Wildman–Crippen LogP) is 6.46. The number of benzene rings is 3. The van der Waals surface area contributed by atoms with Crippen LogP contribution in [0, 0.1) is 5.82 Å². The second-order valence-corrected chi connectivity index (χ2v) is 11.2. The summed E-state index contributed by atoms with van der Waals surface area (Å²) in [5.41, 5.74) is 1.96. The van der Waals surface area contributed by atoms with E-state index in [1.807, 2.05) is 73.5 Å². The number of halogens is 1. The molecule has 0 radical (unpaired) electrons. The largest absolute Gasteiger partial charge is 0.330 e. The first-order valence-corrected chi connectivity index (χ1v) is 13.0. The molecule has 184 valence electrons. The summed E-state index contributed by atoms with van der Waals surface area (Å²) < 4.78 is 13.7. The van der Waals surface area contributed by atoms with Crippen LogP contribution in [-0.2, 0) is 11.2 Å². The Balaban J connectivity index is 1.49. The molecule has 1 atom stereocenters. The fourth-order valence-electron chi connectivity index (χ4n) is 4.99. The fourth-order valence-corrected chi connectivity index (χ4v) is 5.89. The number of amides is 2. The Hall–Kier alpha value is -3.51. The van der Waals surface area contributed by atoms with E-state index in [1.165, 1.54) is 17.0 Å². The van der Waals surface area contributed by atoms with Crippen LogP contribution in [-0.4, -0.2) is 40.2 Å². The highest BCUT2D eigenvalue weighted by molar-refractivity contribution is 7.10. The molecule has 5 rings (SSSR count). The number of nitrogens with zero attached hydrogens (tertiary/aromatic N) is 2. The lowest BCUT2D eigenvalue weighted by atomic mass is 9.93. The van der Waals surface area contributed by atoms with Gasteiger partial charge in [0, 0.05) is 22.5 Å². The van der Waals surface area contributed by atoms with Crippen molar-refractivity contribution in [3.05, 3.63) is 106 Å². The van der Waals surface area contributed by atoms with E-state index in [1.54, 1.807) is 28.4 Å². The van der Waals surface area contributed by atoms with Crippen molar-refractivity contribution in [2.24, 2.45) is 0 Å². The summed E-state index contributed by atoms with van der Waals surface area (Å²) >= 11 is 1.69. The Labute approximate surface area is 215 Å². The molecule has 0 spiro atoms. The smallest absolute Gasteiger partial charge is 0.255 e. The van der Waals surface area contributed by atoms with Crippen LogP contribution in [0.5, 0.6) is 0 Å². The fraction of sp³-hybridized carbons (Fsp3) is 0.267. The van der Waals surface area contributed by atoms with E-state index < -0.39 is 5.54 Å². The standard InChI is InChI=1S/C30H29FN2O2S/c1-30(2,3)33(29(35)24-10-6-8-20-7-4-5-9-23(20)24)19-27(34)32-17-15-26-25(16-18-36-26)28(32)21-11-13-22(31)14-12-21/h4-14,16,18,28H,15,17,19H2,1-3H3. The van der Waals surface area contributed by atoms with E-state index in [9.17, 15) is 14.0 Å². The van der Waals surface area contributed by atoms with E-state index in [0.717, 1.165) is 28.3 Å². The molecule has 1 aliphatic heterocycles. The molecule has 0 saturated carbocycles. The maximum absolute atomic E-state index is 13.9. The predicted molar refractivity (Wildman–Crippen MR) is 143 cm³/mol. The van der Waals surface area contributed by atoms with Crippen molar-refractivity contribution in [3.8, 4) is 0 Å². The second kappa shape index (κ2) is 9.51. The van der Waals surface area contributed by atoms with E-state index >= 15 is 0 Å². The monoisotopic (exact) mass is 500 g/mol. The van der Waals surface area contributed by atoms with Crippen LogP contribution in [0.3, 0.4) is 0 Å². The lowest BCUT2D eigenvalue weighted by molar-refractivity contribution is -0.135. The van der Waals surface area contributed by atoms with Crippen LogP contribution in [0.1, 0.15) is 53.2 Å². The number of fused-ring (bicyclic) bond motifs is 2. The first-order valence-electron chi connectivity index (χ1n) is 12.1. The molecule has 0 fully saturated rings. The lowest BCUT2D eigenvalue weighted by Gasteiger charge is -2.40. The molecule has 0 aliphatic carbocycles. The van der Waals surface area contributed by atoms with Crippen molar-refractivity contribution >= 4 is 33.9 Å². The van der Waals surface area contributed by atoms with Crippen LogP contribution >= 0.6 is 11.3 Å². The second-order valence-electron chi connectivity index (χ2n) is 10.2. The van der Waals surface area contributed by atoms with Crippen LogP contribution < -0.4 is 0 Å². The molecule has 1 aromatic heterocycles. The van der Waals surface area contributed by atoms with E-state index in [0.29, 0.717) is 12.1 Å². The molecule has 3 aromatic carbocycles. The van der Waals surface area contributed by atoms with Gasteiger partial charge in [0.15, 0.2) is 0 Å². The van der Waals surface area contributed by atoms with Crippen molar-refractivity contribution in [2.75, 3.05) is 13.1 Å². The minimum Gasteiger partial charge on any atom is -0.330 e. The normalized spacial score (nSPS) is 15.6. The first kappa shape index (κ1) is 24.2. The van der Waals surface area contributed by atoms with Crippen LogP contribution in [0.15, 0.2) is 78.2 Å². The first-order chi connectivity index (χ1) is 17.2.